The smallest absolute Gasteiger partial charge is 0.475 e. The fourth-order valence-electron chi connectivity index (χ4n) is 4.29. The van der Waals surface area contributed by atoms with Gasteiger partial charge in [0.05, 0.1) is 17.7 Å². The van der Waals surface area contributed by atoms with Gasteiger partial charge in [-0.3, -0.25) is 14.7 Å². The Balaban J connectivity index is 0.000000317. The fraction of sp³-hybridized carbons (Fsp3) is 0.500. The molecule has 0 saturated carbocycles. The molecule has 8 nitrogen and oxygen atoms in total. The molecule has 1 amide bonds. The lowest BCUT2D eigenvalue weighted by atomic mass is 9.78. The number of hydrogen-bond donors (Lipinski definition) is 2. The summed E-state index contributed by atoms with van der Waals surface area (Å²) >= 11 is 1.81. The molecule has 4 heterocycles. The lowest BCUT2D eigenvalue weighted by Gasteiger charge is -2.38. The highest BCUT2D eigenvalue weighted by Crippen LogP contribution is 2.41. The molecular weight excluding hydrogens is 556 g/mol. The molecule has 15 heteroatoms. The van der Waals surface area contributed by atoms with E-state index in [1.54, 1.807) is 11.3 Å². The zero-order valence-electron chi connectivity index (χ0n) is 20.8. The number of carbonyl (C=O) groups excluding carboxylic acids is 1. The Morgan fingerprint density at radius 1 is 0.974 bits per heavy atom. The summed E-state index contributed by atoms with van der Waals surface area (Å²) in [5.41, 5.74) is 1.84. The minimum atomic E-state index is -5.08. The first-order valence-corrected chi connectivity index (χ1v) is 12.5. The molecule has 2 fully saturated rings. The van der Waals surface area contributed by atoms with Crippen molar-refractivity contribution in [3.05, 3.63) is 52.0 Å². The number of carbonyl (C=O) groups is 3. The van der Waals surface area contributed by atoms with Gasteiger partial charge in [0.25, 0.3) is 0 Å². The molecule has 2 aliphatic rings. The lowest BCUT2D eigenvalue weighted by molar-refractivity contribution is -0.193. The van der Waals surface area contributed by atoms with E-state index in [9.17, 15) is 31.1 Å². The van der Waals surface area contributed by atoms with E-state index in [-0.39, 0.29) is 5.41 Å². The van der Waals surface area contributed by atoms with Gasteiger partial charge in [-0.1, -0.05) is 12.1 Å². The van der Waals surface area contributed by atoms with E-state index in [0.717, 1.165) is 56.8 Å². The van der Waals surface area contributed by atoms with Crippen LogP contribution in [0.5, 0.6) is 0 Å². The van der Waals surface area contributed by atoms with Crippen LogP contribution in [0.15, 0.2) is 35.7 Å². The van der Waals surface area contributed by atoms with Crippen LogP contribution in [-0.2, 0) is 27.5 Å². The number of carboxylic acid groups (broad SMARTS) is 2. The van der Waals surface area contributed by atoms with Crippen molar-refractivity contribution < 1.29 is 50.9 Å². The average molecular weight is 584 g/mol. The van der Waals surface area contributed by atoms with E-state index in [2.05, 4.69) is 27.4 Å². The molecule has 2 aliphatic heterocycles. The molecule has 0 aliphatic carbocycles. The van der Waals surface area contributed by atoms with Gasteiger partial charge in [0.15, 0.2) is 0 Å². The Labute approximate surface area is 223 Å². The van der Waals surface area contributed by atoms with Crippen LogP contribution in [0, 0.1) is 12.3 Å². The number of carboxylic acids is 2. The summed E-state index contributed by atoms with van der Waals surface area (Å²) in [7, 11) is 0. The predicted octanol–water partition coefficient (Wildman–Crippen LogP) is 4.73. The Morgan fingerprint density at radius 3 is 2.10 bits per heavy atom. The highest BCUT2D eigenvalue weighted by molar-refractivity contribution is 7.09. The van der Waals surface area contributed by atoms with E-state index in [4.69, 9.17) is 19.8 Å². The molecule has 0 radical (unpaired) electrons. The third-order valence-electron chi connectivity index (χ3n) is 6.00. The Hall–Kier alpha value is -3.20. The number of likely N-dealkylation sites (tertiary alicyclic amines) is 2. The molecule has 1 unspecified atom stereocenters. The van der Waals surface area contributed by atoms with Gasteiger partial charge in [0, 0.05) is 30.2 Å². The Bertz CT molecular complexity index is 1100. The van der Waals surface area contributed by atoms with E-state index in [0.29, 0.717) is 12.5 Å². The number of alkyl halides is 6. The van der Waals surface area contributed by atoms with Crippen molar-refractivity contribution >= 4 is 29.2 Å². The molecule has 2 saturated heterocycles. The topological polar surface area (TPSA) is 111 Å². The first kappa shape index (κ1) is 32.0. The molecule has 2 aromatic heterocycles. The van der Waals surface area contributed by atoms with Crippen molar-refractivity contribution in [3.8, 4) is 0 Å². The number of thiophene rings is 1. The molecule has 2 N–H and O–H groups in total. The fourth-order valence-corrected chi connectivity index (χ4v) is 5.04. The van der Waals surface area contributed by atoms with Crippen LogP contribution in [0.25, 0.3) is 0 Å². The van der Waals surface area contributed by atoms with Crippen molar-refractivity contribution in [1.29, 1.82) is 0 Å². The summed E-state index contributed by atoms with van der Waals surface area (Å²) in [6, 6.07) is 10.3. The predicted molar refractivity (Wildman–Crippen MR) is 128 cm³/mol. The second-order valence-corrected chi connectivity index (χ2v) is 10.1. The second kappa shape index (κ2) is 13.2. The summed E-state index contributed by atoms with van der Waals surface area (Å²) in [5, 5.41) is 16.4. The van der Waals surface area contributed by atoms with Gasteiger partial charge >= 0.3 is 24.3 Å². The standard InChI is InChI=1S/C20H25N3OS.2C2HF3O2/c1-16-5-2-6-17(21-16)13-23-11-9-20(19(23)24)8-4-10-22(15-20)14-18-7-3-12-25-18;2*3-2(4,5)1(6)7/h2-3,5-7,12H,4,8-11,13-15H2,1H3;2*(H,6,7). The summed E-state index contributed by atoms with van der Waals surface area (Å²) < 4.78 is 63.5. The summed E-state index contributed by atoms with van der Waals surface area (Å²) in [6.45, 7) is 6.49. The number of amides is 1. The van der Waals surface area contributed by atoms with Gasteiger partial charge in [0.1, 0.15) is 0 Å². The van der Waals surface area contributed by atoms with Gasteiger partial charge in [-0.05, 0) is 56.3 Å². The zero-order valence-corrected chi connectivity index (χ0v) is 21.6. The molecule has 0 aromatic carbocycles. The zero-order chi connectivity index (χ0) is 29.4. The average Bonchev–Trinajstić information content (AvgIpc) is 3.43. The number of pyridine rings is 1. The summed E-state index contributed by atoms with van der Waals surface area (Å²) in [4.78, 5) is 41.4. The molecule has 216 valence electrons. The summed E-state index contributed by atoms with van der Waals surface area (Å²) in [6.07, 6.45) is -7.03. The number of rotatable bonds is 4. The van der Waals surface area contributed by atoms with Crippen molar-refractivity contribution in [3.63, 3.8) is 0 Å². The Kier molecular flexibility index (Phi) is 10.9. The molecule has 4 rings (SSSR count). The maximum Gasteiger partial charge on any atom is 0.490 e. The van der Waals surface area contributed by atoms with E-state index in [1.807, 2.05) is 30.0 Å². The maximum absolute atomic E-state index is 13.2. The van der Waals surface area contributed by atoms with Gasteiger partial charge < -0.3 is 15.1 Å². The van der Waals surface area contributed by atoms with Crippen molar-refractivity contribution in [2.75, 3.05) is 19.6 Å². The number of piperidine rings is 1. The lowest BCUT2D eigenvalue weighted by Crippen LogP contribution is -2.47. The number of aryl methyl sites for hydroxylation is 1. The normalized spacial score (nSPS) is 19.7. The number of nitrogens with zero attached hydrogens (tertiary/aromatic N) is 3. The number of aromatic nitrogens is 1. The van der Waals surface area contributed by atoms with Crippen LogP contribution in [0.3, 0.4) is 0 Å². The highest BCUT2D eigenvalue weighted by atomic mass is 32.1. The molecule has 1 spiro atoms. The number of aliphatic carboxylic acids is 2. The van der Waals surface area contributed by atoms with Crippen molar-refractivity contribution in [1.82, 2.24) is 14.8 Å². The third kappa shape index (κ3) is 9.80. The first-order valence-electron chi connectivity index (χ1n) is 11.6. The largest absolute Gasteiger partial charge is 0.490 e. The molecule has 39 heavy (non-hydrogen) atoms. The van der Waals surface area contributed by atoms with Crippen molar-refractivity contribution in [2.45, 2.75) is 51.6 Å². The van der Waals surface area contributed by atoms with Crippen LogP contribution in [0.2, 0.25) is 0 Å². The van der Waals surface area contributed by atoms with Gasteiger partial charge in [-0.25, -0.2) is 9.59 Å². The number of hydrogen-bond acceptors (Lipinski definition) is 6. The van der Waals surface area contributed by atoms with Gasteiger partial charge in [0.2, 0.25) is 5.91 Å². The Morgan fingerprint density at radius 2 is 1.59 bits per heavy atom. The monoisotopic (exact) mass is 583 g/mol. The second-order valence-electron chi connectivity index (χ2n) is 9.03. The van der Waals surface area contributed by atoms with Crippen molar-refractivity contribution in [2.24, 2.45) is 5.41 Å². The molecule has 1 atom stereocenters. The third-order valence-corrected chi connectivity index (χ3v) is 6.86. The highest BCUT2D eigenvalue weighted by Gasteiger charge is 2.48. The van der Waals surface area contributed by atoms with Crippen LogP contribution in [0.1, 0.15) is 35.5 Å². The molecule has 0 bridgehead atoms. The minimum Gasteiger partial charge on any atom is -0.475 e. The maximum atomic E-state index is 13.2. The van der Waals surface area contributed by atoms with E-state index < -0.39 is 24.3 Å². The van der Waals surface area contributed by atoms with E-state index >= 15 is 0 Å². The molecular formula is C24H27F6N3O5S. The van der Waals surface area contributed by atoms with Gasteiger partial charge in [-0.2, -0.15) is 26.3 Å². The summed E-state index contributed by atoms with van der Waals surface area (Å²) in [5.74, 6) is -5.17. The molecule has 2 aromatic rings. The van der Waals surface area contributed by atoms with Crippen LogP contribution in [-0.4, -0.2) is 74.8 Å². The first-order chi connectivity index (χ1) is 18.0. The SMILES string of the molecule is Cc1cccc(CN2CCC3(CCCN(Cc4cccs4)C3)C2=O)n1.O=C(O)C(F)(F)F.O=C(O)C(F)(F)F. The van der Waals surface area contributed by atoms with Crippen LogP contribution in [0.4, 0.5) is 26.3 Å². The van der Waals surface area contributed by atoms with Gasteiger partial charge in [-0.15, -0.1) is 11.3 Å². The number of halogens is 6. The minimum absolute atomic E-state index is 0.167. The van der Waals surface area contributed by atoms with Crippen LogP contribution < -0.4 is 0 Å². The van der Waals surface area contributed by atoms with Crippen LogP contribution >= 0.6 is 11.3 Å². The quantitative estimate of drug-likeness (QED) is 0.501. The van der Waals surface area contributed by atoms with E-state index in [1.165, 1.54) is 4.88 Å².